The fourth-order valence-corrected chi connectivity index (χ4v) is 6.00. The SMILES string of the molecule is COc1cc2c(c(OC)c1OC)-c1ccc(SC)c(=O)cc1[C@@H](NC(=O)C1=CC[C@@H](C(C)C)CC1)CC2. The fourth-order valence-electron chi connectivity index (χ4n) is 5.53. The highest BCUT2D eigenvalue weighted by atomic mass is 32.2. The third kappa shape index (κ3) is 5.37. The van der Waals surface area contributed by atoms with Crippen molar-refractivity contribution in [3.8, 4) is 28.4 Å². The van der Waals surface area contributed by atoms with Crippen molar-refractivity contribution < 1.29 is 19.0 Å². The van der Waals surface area contributed by atoms with Crippen LogP contribution in [-0.2, 0) is 11.2 Å². The number of hydrogen-bond acceptors (Lipinski definition) is 6. The number of carbonyl (C=O) groups is 1. The van der Waals surface area contributed by atoms with Crippen molar-refractivity contribution in [1.29, 1.82) is 0 Å². The van der Waals surface area contributed by atoms with Gasteiger partial charge in [-0.25, -0.2) is 0 Å². The van der Waals surface area contributed by atoms with E-state index < -0.39 is 0 Å². The molecular formula is C30H37NO5S. The summed E-state index contributed by atoms with van der Waals surface area (Å²) in [4.78, 5) is 27.2. The van der Waals surface area contributed by atoms with E-state index in [-0.39, 0.29) is 17.4 Å². The van der Waals surface area contributed by atoms with Gasteiger partial charge in [0.1, 0.15) is 0 Å². The standard InChI is InChI=1S/C30H37NO5S/c1-17(2)18-7-9-19(10-8-18)30(33)31-23-13-11-20-15-25(34-3)28(35-4)29(36-5)27(20)21-12-14-26(37-6)24(32)16-22(21)23/h9,12,14-18,23H,7-8,10-11,13H2,1-6H3,(H,31,33)/t18-,23+/m1/s1. The lowest BCUT2D eigenvalue weighted by Gasteiger charge is -2.26. The first-order valence-electron chi connectivity index (χ1n) is 12.9. The molecule has 198 valence electrons. The Labute approximate surface area is 223 Å². The van der Waals surface area contributed by atoms with Crippen LogP contribution in [0.3, 0.4) is 0 Å². The molecule has 0 spiro atoms. The summed E-state index contributed by atoms with van der Waals surface area (Å²) in [7, 11) is 4.80. The molecule has 7 heteroatoms. The van der Waals surface area contributed by atoms with Gasteiger partial charge in [0.05, 0.1) is 32.3 Å². The lowest BCUT2D eigenvalue weighted by molar-refractivity contribution is -0.118. The Bertz CT molecular complexity index is 1270. The van der Waals surface area contributed by atoms with Crippen molar-refractivity contribution in [2.75, 3.05) is 27.6 Å². The zero-order valence-electron chi connectivity index (χ0n) is 22.6. The van der Waals surface area contributed by atoms with Gasteiger partial charge in [0.25, 0.3) is 0 Å². The Balaban J connectivity index is 1.83. The smallest absolute Gasteiger partial charge is 0.247 e. The van der Waals surface area contributed by atoms with Crippen molar-refractivity contribution in [3.05, 3.63) is 57.3 Å². The molecule has 0 saturated carbocycles. The third-order valence-corrected chi connectivity index (χ3v) is 8.49. The number of amides is 1. The zero-order chi connectivity index (χ0) is 26.7. The van der Waals surface area contributed by atoms with E-state index in [4.69, 9.17) is 14.2 Å². The molecule has 0 saturated heterocycles. The predicted octanol–water partition coefficient (Wildman–Crippen LogP) is 5.95. The van der Waals surface area contributed by atoms with Gasteiger partial charge in [-0.3, -0.25) is 9.59 Å². The van der Waals surface area contributed by atoms with E-state index in [1.54, 1.807) is 27.4 Å². The predicted molar refractivity (Wildman–Crippen MR) is 149 cm³/mol. The molecule has 0 fully saturated rings. The first kappa shape index (κ1) is 27.1. The van der Waals surface area contributed by atoms with Gasteiger partial charge >= 0.3 is 0 Å². The number of ether oxygens (including phenoxy) is 3. The van der Waals surface area contributed by atoms with Crippen LogP contribution in [0.5, 0.6) is 17.2 Å². The Morgan fingerprint density at radius 1 is 1.03 bits per heavy atom. The summed E-state index contributed by atoms with van der Waals surface area (Å²) in [6.07, 6.45) is 8.05. The molecule has 2 aromatic carbocycles. The van der Waals surface area contributed by atoms with Crippen LogP contribution in [0, 0.1) is 11.8 Å². The second-order valence-corrected chi connectivity index (χ2v) is 10.9. The van der Waals surface area contributed by atoms with E-state index >= 15 is 0 Å². The molecule has 6 nitrogen and oxygen atoms in total. The number of nitrogens with one attached hydrogen (secondary N) is 1. The number of carbonyl (C=O) groups excluding carboxylic acids is 1. The van der Waals surface area contributed by atoms with Crippen LogP contribution >= 0.6 is 11.8 Å². The van der Waals surface area contributed by atoms with Crippen LogP contribution in [0.1, 0.15) is 56.7 Å². The molecule has 1 N–H and O–H groups in total. The number of rotatable bonds is 7. The van der Waals surface area contributed by atoms with Crippen LogP contribution in [0.15, 0.2) is 45.6 Å². The number of fused-ring (bicyclic) bond motifs is 3. The Hall–Kier alpha value is -2.93. The van der Waals surface area contributed by atoms with Crippen molar-refractivity contribution in [3.63, 3.8) is 0 Å². The highest BCUT2D eigenvalue weighted by Crippen LogP contribution is 2.50. The zero-order valence-corrected chi connectivity index (χ0v) is 23.4. The van der Waals surface area contributed by atoms with Gasteiger partial charge in [-0.1, -0.05) is 26.0 Å². The monoisotopic (exact) mass is 523 g/mol. The maximum atomic E-state index is 13.4. The number of hydrogen-bond donors (Lipinski definition) is 1. The van der Waals surface area contributed by atoms with Gasteiger partial charge < -0.3 is 19.5 Å². The van der Waals surface area contributed by atoms with E-state index in [0.29, 0.717) is 46.8 Å². The first-order chi connectivity index (χ1) is 17.8. The van der Waals surface area contributed by atoms with E-state index in [1.165, 1.54) is 11.8 Å². The maximum Gasteiger partial charge on any atom is 0.247 e. The molecule has 0 aromatic heterocycles. The summed E-state index contributed by atoms with van der Waals surface area (Å²) in [6.45, 7) is 4.48. The Kier molecular flexibility index (Phi) is 8.53. The highest BCUT2D eigenvalue weighted by Gasteiger charge is 2.30. The average molecular weight is 524 g/mol. The van der Waals surface area contributed by atoms with Crippen LogP contribution in [0.4, 0.5) is 0 Å². The van der Waals surface area contributed by atoms with Crippen molar-refractivity contribution in [2.24, 2.45) is 11.8 Å². The molecule has 0 unspecified atom stereocenters. The topological polar surface area (TPSA) is 73.9 Å². The molecule has 1 amide bonds. The molecule has 2 aliphatic carbocycles. The van der Waals surface area contributed by atoms with E-state index in [0.717, 1.165) is 47.1 Å². The molecule has 4 rings (SSSR count). The van der Waals surface area contributed by atoms with Gasteiger partial charge in [0.2, 0.25) is 11.7 Å². The van der Waals surface area contributed by atoms with Gasteiger partial charge in [-0.2, -0.15) is 0 Å². The Morgan fingerprint density at radius 3 is 2.38 bits per heavy atom. The molecule has 37 heavy (non-hydrogen) atoms. The van der Waals surface area contributed by atoms with Crippen molar-refractivity contribution in [2.45, 2.75) is 56.9 Å². The summed E-state index contributed by atoms with van der Waals surface area (Å²) in [6, 6.07) is 7.15. The molecule has 2 atom stereocenters. The van der Waals surface area contributed by atoms with Gasteiger partial charge in [-0.05, 0) is 85.1 Å². The highest BCUT2D eigenvalue weighted by molar-refractivity contribution is 7.98. The van der Waals surface area contributed by atoms with Crippen LogP contribution in [0.2, 0.25) is 0 Å². The van der Waals surface area contributed by atoms with Crippen LogP contribution < -0.4 is 25.0 Å². The normalized spacial score (nSPS) is 18.7. The summed E-state index contributed by atoms with van der Waals surface area (Å²) < 4.78 is 17.1. The van der Waals surface area contributed by atoms with E-state index in [9.17, 15) is 9.59 Å². The number of allylic oxidation sites excluding steroid dienone is 1. The molecule has 0 bridgehead atoms. The minimum Gasteiger partial charge on any atom is -0.493 e. The molecule has 2 aromatic rings. The van der Waals surface area contributed by atoms with Gasteiger partial charge in [0, 0.05) is 11.1 Å². The van der Waals surface area contributed by atoms with Crippen LogP contribution in [-0.4, -0.2) is 33.5 Å². The van der Waals surface area contributed by atoms with Gasteiger partial charge in [-0.15, -0.1) is 11.8 Å². The quantitative estimate of drug-likeness (QED) is 0.452. The molecule has 0 aliphatic heterocycles. The van der Waals surface area contributed by atoms with Gasteiger partial charge in [0.15, 0.2) is 16.9 Å². The summed E-state index contributed by atoms with van der Waals surface area (Å²) in [5.74, 6) is 2.83. The molecule has 2 aliphatic rings. The number of thioether (sulfide) groups is 1. The molecule has 0 radical (unpaired) electrons. The van der Waals surface area contributed by atoms with E-state index in [2.05, 4.69) is 25.2 Å². The molecular weight excluding hydrogens is 486 g/mol. The largest absolute Gasteiger partial charge is 0.493 e. The lowest BCUT2D eigenvalue weighted by atomic mass is 9.82. The second-order valence-electron chi connectivity index (χ2n) is 10.0. The average Bonchev–Trinajstić information content (AvgIpc) is 3.15. The minimum atomic E-state index is -0.324. The summed E-state index contributed by atoms with van der Waals surface area (Å²) in [5, 5.41) is 3.28. The van der Waals surface area contributed by atoms with Crippen LogP contribution in [0.25, 0.3) is 11.1 Å². The number of benzene rings is 1. The maximum absolute atomic E-state index is 13.4. The lowest BCUT2D eigenvalue weighted by Crippen LogP contribution is -2.31. The van der Waals surface area contributed by atoms with Crippen molar-refractivity contribution >= 4 is 17.7 Å². The fraction of sp³-hybridized carbons (Fsp3) is 0.467. The second kappa shape index (κ2) is 11.6. The Morgan fingerprint density at radius 2 is 1.78 bits per heavy atom. The summed E-state index contributed by atoms with van der Waals surface area (Å²) >= 11 is 1.41. The summed E-state index contributed by atoms with van der Waals surface area (Å²) in [5.41, 5.74) is 4.31. The molecule has 0 heterocycles. The first-order valence-corrected chi connectivity index (χ1v) is 14.1. The minimum absolute atomic E-state index is 0.0460. The number of methoxy groups -OCH3 is 3. The van der Waals surface area contributed by atoms with Crippen molar-refractivity contribution in [1.82, 2.24) is 5.32 Å². The van der Waals surface area contributed by atoms with E-state index in [1.807, 2.05) is 24.5 Å². The number of aryl methyl sites for hydroxylation is 1. The third-order valence-electron chi connectivity index (χ3n) is 7.71.